The molecule has 2 atom stereocenters. The van der Waals surface area contributed by atoms with Crippen LogP contribution in [0.25, 0.3) is 10.8 Å². The molecule has 2 aromatic rings. The number of esters is 1. The van der Waals surface area contributed by atoms with Crippen molar-refractivity contribution < 1.29 is 19.0 Å². The van der Waals surface area contributed by atoms with Crippen LogP contribution in [0.15, 0.2) is 42.5 Å². The summed E-state index contributed by atoms with van der Waals surface area (Å²) in [5.41, 5.74) is 0. The zero-order valence-electron chi connectivity index (χ0n) is 13.4. The third-order valence-electron chi connectivity index (χ3n) is 4.10. The van der Waals surface area contributed by atoms with Crippen LogP contribution in [0.4, 0.5) is 0 Å². The molecule has 23 heavy (non-hydrogen) atoms. The average molecular weight is 314 g/mol. The Balaban J connectivity index is 1.59. The van der Waals surface area contributed by atoms with E-state index in [1.54, 1.807) is 13.0 Å². The highest BCUT2D eigenvalue weighted by Crippen LogP contribution is 2.25. The molecular formula is C19H22O4. The van der Waals surface area contributed by atoms with Crippen LogP contribution in [-0.2, 0) is 14.3 Å². The molecule has 2 unspecified atom stereocenters. The number of hydrogen-bond donors (Lipinski definition) is 0. The average Bonchev–Trinajstić information content (AvgIpc) is 2.61. The smallest absolute Gasteiger partial charge is 0.340 e. The number of fused-ring (bicyclic) bond motifs is 1. The summed E-state index contributed by atoms with van der Waals surface area (Å²) in [5, 5.41) is 1.97. The van der Waals surface area contributed by atoms with Gasteiger partial charge in [0.1, 0.15) is 5.75 Å². The van der Waals surface area contributed by atoms with Crippen LogP contribution in [0.2, 0.25) is 0 Å². The molecule has 1 aliphatic rings. The number of ether oxygens (including phenoxy) is 3. The van der Waals surface area contributed by atoms with Gasteiger partial charge >= 0.3 is 5.97 Å². The second kappa shape index (κ2) is 7.57. The maximum atomic E-state index is 12.2. The van der Waals surface area contributed by atoms with Crippen LogP contribution in [0.1, 0.15) is 26.2 Å². The molecule has 3 rings (SSSR count). The fourth-order valence-corrected chi connectivity index (χ4v) is 2.73. The van der Waals surface area contributed by atoms with Gasteiger partial charge in [-0.1, -0.05) is 36.4 Å². The van der Waals surface area contributed by atoms with Gasteiger partial charge in [0.15, 0.2) is 6.10 Å². The summed E-state index contributed by atoms with van der Waals surface area (Å²) in [5.74, 6) is 0.189. The van der Waals surface area contributed by atoms with E-state index in [0.717, 1.165) is 36.6 Å². The maximum absolute atomic E-state index is 12.2. The van der Waals surface area contributed by atoms with Crippen molar-refractivity contribution >= 4 is 16.7 Å². The molecule has 4 nitrogen and oxygen atoms in total. The highest BCUT2D eigenvalue weighted by molar-refractivity contribution is 5.90. The standard InChI is InChI=1S/C19H22O4/c1-14(22-13-16-9-4-5-12-21-16)19(20)23-18-11-6-8-15-7-2-3-10-17(15)18/h2-3,6-8,10-11,14,16H,4-5,9,12-13H2,1H3. The van der Waals surface area contributed by atoms with Crippen LogP contribution in [0.5, 0.6) is 5.75 Å². The normalized spacial score (nSPS) is 19.4. The lowest BCUT2D eigenvalue weighted by molar-refractivity contribution is -0.149. The van der Waals surface area contributed by atoms with Gasteiger partial charge in [0.05, 0.1) is 12.7 Å². The molecule has 4 heteroatoms. The molecule has 0 bridgehead atoms. The van der Waals surface area contributed by atoms with Crippen molar-refractivity contribution in [1.29, 1.82) is 0 Å². The minimum atomic E-state index is -0.612. The van der Waals surface area contributed by atoms with E-state index in [-0.39, 0.29) is 12.1 Å². The van der Waals surface area contributed by atoms with Gasteiger partial charge in [-0.3, -0.25) is 0 Å². The van der Waals surface area contributed by atoms with Crippen LogP contribution in [0, 0.1) is 0 Å². The Bertz CT molecular complexity index is 656. The molecule has 0 saturated carbocycles. The lowest BCUT2D eigenvalue weighted by Gasteiger charge is -2.23. The summed E-state index contributed by atoms with van der Waals surface area (Å²) < 4.78 is 16.8. The van der Waals surface area contributed by atoms with Gasteiger partial charge in [-0.15, -0.1) is 0 Å². The van der Waals surface area contributed by atoms with Crippen LogP contribution in [-0.4, -0.2) is 31.4 Å². The first kappa shape index (κ1) is 16.0. The Kier molecular flexibility index (Phi) is 5.26. The maximum Gasteiger partial charge on any atom is 0.340 e. The molecule has 1 fully saturated rings. The second-order valence-electron chi connectivity index (χ2n) is 5.86. The van der Waals surface area contributed by atoms with Crippen molar-refractivity contribution in [2.75, 3.05) is 13.2 Å². The largest absolute Gasteiger partial charge is 0.424 e. The van der Waals surface area contributed by atoms with E-state index in [9.17, 15) is 4.79 Å². The quantitative estimate of drug-likeness (QED) is 0.623. The Hall–Kier alpha value is -1.91. The number of rotatable bonds is 5. The zero-order chi connectivity index (χ0) is 16.1. The summed E-state index contributed by atoms with van der Waals surface area (Å²) in [6.45, 7) is 2.94. The molecule has 2 aromatic carbocycles. The van der Waals surface area contributed by atoms with Crippen molar-refractivity contribution in [3.63, 3.8) is 0 Å². The summed E-state index contributed by atoms with van der Waals surface area (Å²) in [7, 11) is 0. The van der Waals surface area contributed by atoms with E-state index < -0.39 is 6.10 Å². The van der Waals surface area contributed by atoms with Gasteiger partial charge in [-0.05, 0) is 37.6 Å². The van der Waals surface area contributed by atoms with Crippen LogP contribution in [0.3, 0.4) is 0 Å². The number of carbonyl (C=O) groups is 1. The molecule has 122 valence electrons. The van der Waals surface area contributed by atoms with E-state index in [0.29, 0.717) is 12.4 Å². The van der Waals surface area contributed by atoms with E-state index in [1.165, 1.54) is 0 Å². The lowest BCUT2D eigenvalue weighted by Crippen LogP contribution is -2.31. The fraction of sp³-hybridized carbons (Fsp3) is 0.421. The minimum Gasteiger partial charge on any atom is -0.424 e. The van der Waals surface area contributed by atoms with E-state index in [1.807, 2.05) is 36.4 Å². The summed E-state index contributed by atoms with van der Waals surface area (Å²) in [6, 6.07) is 13.5. The Morgan fingerprint density at radius 1 is 1.22 bits per heavy atom. The topological polar surface area (TPSA) is 44.8 Å². The minimum absolute atomic E-state index is 0.0940. The fourth-order valence-electron chi connectivity index (χ4n) is 2.73. The first-order valence-electron chi connectivity index (χ1n) is 8.17. The van der Waals surface area contributed by atoms with Crippen LogP contribution < -0.4 is 4.74 Å². The zero-order valence-corrected chi connectivity index (χ0v) is 13.4. The molecule has 1 heterocycles. The van der Waals surface area contributed by atoms with Crippen molar-refractivity contribution in [2.45, 2.75) is 38.4 Å². The molecule has 1 aliphatic heterocycles. The Morgan fingerprint density at radius 2 is 2.04 bits per heavy atom. The molecule has 1 saturated heterocycles. The summed E-state index contributed by atoms with van der Waals surface area (Å²) >= 11 is 0. The molecule has 0 aliphatic carbocycles. The van der Waals surface area contributed by atoms with Crippen molar-refractivity contribution in [1.82, 2.24) is 0 Å². The highest BCUT2D eigenvalue weighted by atomic mass is 16.6. The first-order valence-corrected chi connectivity index (χ1v) is 8.17. The number of carbonyl (C=O) groups excluding carboxylic acids is 1. The lowest BCUT2D eigenvalue weighted by atomic mass is 10.1. The predicted octanol–water partition coefficient (Wildman–Crippen LogP) is 3.72. The highest BCUT2D eigenvalue weighted by Gasteiger charge is 2.20. The Labute approximate surface area is 136 Å². The first-order chi connectivity index (χ1) is 11.2. The third kappa shape index (κ3) is 4.09. The molecule has 0 radical (unpaired) electrons. The van der Waals surface area contributed by atoms with Gasteiger partial charge in [0.25, 0.3) is 0 Å². The molecule has 0 amide bonds. The third-order valence-corrected chi connectivity index (χ3v) is 4.10. The van der Waals surface area contributed by atoms with Gasteiger partial charge < -0.3 is 14.2 Å². The Morgan fingerprint density at radius 3 is 2.87 bits per heavy atom. The van der Waals surface area contributed by atoms with E-state index in [4.69, 9.17) is 14.2 Å². The van der Waals surface area contributed by atoms with E-state index in [2.05, 4.69) is 0 Å². The second-order valence-corrected chi connectivity index (χ2v) is 5.86. The van der Waals surface area contributed by atoms with Crippen LogP contribution >= 0.6 is 0 Å². The number of hydrogen-bond acceptors (Lipinski definition) is 4. The molecule has 0 N–H and O–H groups in total. The summed E-state index contributed by atoms with van der Waals surface area (Å²) in [4.78, 5) is 12.2. The SMILES string of the molecule is CC(OCC1CCCCO1)C(=O)Oc1cccc2ccccc12. The van der Waals surface area contributed by atoms with Gasteiger partial charge in [0, 0.05) is 12.0 Å². The molecule has 0 aromatic heterocycles. The van der Waals surface area contributed by atoms with E-state index >= 15 is 0 Å². The number of benzene rings is 2. The van der Waals surface area contributed by atoms with Crippen molar-refractivity contribution in [2.24, 2.45) is 0 Å². The molecular weight excluding hydrogens is 292 g/mol. The van der Waals surface area contributed by atoms with Gasteiger partial charge in [-0.25, -0.2) is 4.79 Å². The van der Waals surface area contributed by atoms with Crippen molar-refractivity contribution in [3.8, 4) is 5.75 Å². The molecule has 0 spiro atoms. The van der Waals surface area contributed by atoms with Gasteiger partial charge in [-0.2, -0.15) is 0 Å². The summed E-state index contributed by atoms with van der Waals surface area (Å²) in [6.07, 6.45) is 2.74. The van der Waals surface area contributed by atoms with Gasteiger partial charge in [0.2, 0.25) is 0 Å². The van der Waals surface area contributed by atoms with Crippen molar-refractivity contribution in [3.05, 3.63) is 42.5 Å². The monoisotopic (exact) mass is 314 g/mol. The predicted molar refractivity (Wildman–Crippen MR) is 88.6 cm³/mol.